The normalized spacial score (nSPS) is 15.5. The molecule has 0 saturated carbocycles. The number of nitrogen functional groups attached to an aromatic ring is 1. The lowest BCUT2D eigenvalue weighted by Crippen LogP contribution is -2.48. The number of nitrogens with two attached hydrogens (primary N) is 1. The summed E-state index contributed by atoms with van der Waals surface area (Å²) < 4.78 is 0. The largest absolute Gasteiger partial charge is 0.478 e. The van der Waals surface area contributed by atoms with Gasteiger partial charge in [0.15, 0.2) is 0 Å². The van der Waals surface area contributed by atoms with E-state index in [2.05, 4.69) is 10.3 Å². The van der Waals surface area contributed by atoms with Gasteiger partial charge in [-0.3, -0.25) is 4.79 Å². The minimum atomic E-state index is -1.10. The number of carboxylic acid groups (broad SMARTS) is 1. The van der Waals surface area contributed by atoms with Crippen LogP contribution in [0.3, 0.4) is 0 Å². The van der Waals surface area contributed by atoms with E-state index in [0.29, 0.717) is 18.9 Å². The third-order valence-corrected chi connectivity index (χ3v) is 2.51. The highest BCUT2D eigenvalue weighted by molar-refractivity contribution is 5.94. The number of carbonyl (C=O) groups excluding carboxylic acids is 1. The molecular formula is C10H12N4O3. The van der Waals surface area contributed by atoms with E-state index in [9.17, 15) is 9.59 Å². The number of carbonyl (C=O) groups is 2. The fourth-order valence-corrected chi connectivity index (χ4v) is 1.65. The number of anilines is 2. The van der Waals surface area contributed by atoms with Gasteiger partial charge < -0.3 is 21.1 Å². The number of piperazine rings is 1. The first-order chi connectivity index (χ1) is 8.08. The van der Waals surface area contributed by atoms with Crippen molar-refractivity contribution in [3.05, 3.63) is 17.8 Å². The van der Waals surface area contributed by atoms with Crippen LogP contribution in [-0.2, 0) is 4.79 Å². The third kappa shape index (κ3) is 2.27. The second-order valence-corrected chi connectivity index (χ2v) is 3.71. The highest BCUT2D eigenvalue weighted by atomic mass is 16.4. The molecule has 1 amide bonds. The number of hydrogen-bond acceptors (Lipinski definition) is 5. The zero-order chi connectivity index (χ0) is 12.4. The number of hydrogen-bond donors (Lipinski definition) is 3. The molecule has 1 saturated heterocycles. The first-order valence-corrected chi connectivity index (χ1v) is 5.08. The van der Waals surface area contributed by atoms with Crippen molar-refractivity contribution in [2.45, 2.75) is 0 Å². The Hall–Kier alpha value is -2.31. The lowest BCUT2D eigenvalue weighted by atomic mass is 10.2. The lowest BCUT2D eigenvalue weighted by Gasteiger charge is -2.27. The zero-order valence-corrected chi connectivity index (χ0v) is 9.01. The molecule has 2 heterocycles. The van der Waals surface area contributed by atoms with Gasteiger partial charge in [-0.05, 0) is 6.07 Å². The molecule has 0 aromatic carbocycles. The molecule has 90 valence electrons. The van der Waals surface area contributed by atoms with Crippen molar-refractivity contribution in [3.63, 3.8) is 0 Å². The first-order valence-electron chi connectivity index (χ1n) is 5.08. The van der Waals surface area contributed by atoms with Crippen molar-refractivity contribution in [2.24, 2.45) is 0 Å². The van der Waals surface area contributed by atoms with Crippen LogP contribution >= 0.6 is 0 Å². The van der Waals surface area contributed by atoms with Crippen LogP contribution in [0, 0.1) is 0 Å². The summed E-state index contributed by atoms with van der Waals surface area (Å²) in [7, 11) is 0. The molecule has 7 nitrogen and oxygen atoms in total. The highest BCUT2D eigenvalue weighted by Gasteiger charge is 2.19. The molecule has 0 radical (unpaired) electrons. The van der Waals surface area contributed by atoms with E-state index in [4.69, 9.17) is 10.8 Å². The average Bonchev–Trinajstić information content (AvgIpc) is 2.29. The molecule has 1 aromatic rings. The zero-order valence-electron chi connectivity index (χ0n) is 9.01. The number of rotatable bonds is 2. The predicted octanol–water partition coefficient (Wildman–Crippen LogP) is -0.702. The van der Waals surface area contributed by atoms with Crippen LogP contribution in [0.2, 0.25) is 0 Å². The summed E-state index contributed by atoms with van der Waals surface area (Å²) in [4.78, 5) is 27.9. The number of nitrogens with one attached hydrogen (secondary N) is 1. The van der Waals surface area contributed by atoms with Crippen LogP contribution in [0.15, 0.2) is 12.3 Å². The number of carboxylic acids is 1. The molecule has 0 bridgehead atoms. The summed E-state index contributed by atoms with van der Waals surface area (Å²) in [5.74, 6) is -0.759. The van der Waals surface area contributed by atoms with Crippen molar-refractivity contribution >= 4 is 23.4 Å². The Bertz CT molecular complexity index is 475. The van der Waals surface area contributed by atoms with Gasteiger partial charge in [-0.25, -0.2) is 9.78 Å². The monoisotopic (exact) mass is 236 g/mol. The molecule has 0 aliphatic carbocycles. The highest BCUT2D eigenvalue weighted by Crippen LogP contribution is 2.18. The fourth-order valence-electron chi connectivity index (χ4n) is 1.65. The Morgan fingerprint density at radius 2 is 2.35 bits per heavy atom. The summed E-state index contributed by atoms with van der Waals surface area (Å²) >= 11 is 0. The molecule has 1 aliphatic heterocycles. The average molecular weight is 236 g/mol. The standard InChI is InChI=1S/C10H12N4O3/c11-7-4-13-8(3-6(7)10(16)17)14-2-1-12-9(15)5-14/h3-4H,1-2,5,11H2,(H,12,15)(H,16,17). The SMILES string of the molecule is Nc1cnc(N2CCNC(=O)C2)cc1C(=O)O. The van der Waals surface area contributed by atoms with Crippen molar-refractivity contribution in [1.29, 1.82) is 0 Å². The molecule has 1 aliphatic rings. The molecular weight excluding hydrogens is 224 g/mol. The minimum absolute atomic E-state index is 0.000909. The van der Waals surface area contributed by atoms with Crippen molar-refractivity contribution in [1.82, 2.24) is 10.3 Å². The van der Waals surface area contributed by atoms with Gasteiger partial charge >= 0.3 is 5.97 Å². The van der Waals surface area contributed by atoms with Gasteiger partial charge in [-0.1, -0.05) is 0 Å². The van der Waals surface area contributed by atoms with Crippen LogP contribution in [0.25, 0.3) is 0 Å². The molecule has 1 aromatic heterocycles. The van der Waals surface area contributed by atoms with E-state index in [1.54, 1.807) is 4.90 Å². The molecule has 0 unspecified atom stereocenters. The number of pyridine rings is 1. The molecule has 2 rings (SSSR count). The van der Waals surface area contributed by atoms with Gasteiger partial charge in [0.25, 0.3) is 0 Å². The number of nitrogens with zero attached hydrogens (tertiary/aromatic N) is 2. The second kappa shape index (κ2) is 4.28. The van der Waals surface area contributed by atoms with E-state index in [1.807, 2.05) is 0 Å². The Kier molecular flexibility index (Phi) is 2.82. The predicted molar refractivity (Wildman–Crippen MR) is 60.8 cm³/mol. The maximum atomic E-state index is 11.2. The van der Waals surface area contributed by atoms with E-state index >= 15 is 0 Å². The van der Waals surface area contributed by atoms with Gasteiger partial charge in [0.1, 0.15) is 5.82 Å². The maximum Gasteiger partial charge on any atom is 0.337 e. The number of aromatic nitrogens is 1. The Morgan fingerprint density at radius 3 is 3.00 bits per heavy atom. The number of aromatic carboxylic acids is 1. The molecule has 7 heteroatoms. The van der Waals surface area contributed by atoms with Crippen LogP contribution in [-0.4, -0.2) is 41.6 Å². The van der Waals surface area contributed by atoms with E-state index in [-0.39, 0.29) is 23.7 Å². The molecule has 0 spiro atoms. The van der Waals surface area contributed by atoms with Gasteiger partial charge in [0, 0.05) is 13.1 Å². The number of amides is 1. The summed E-state index contributed by atoms with van der Waals surface area (Å²) in [5, 5.41) is 11.6. The van der Waals surface area contributed by atoms with Gasteiger partial charge in [0.05, 0.1) is 24.0 Å². The third-order valence-electron chi connectivity index (χ3n) is 2.51. The van der Waals surface area contributed by atoms with Gasteiger partial charge in [0.2, 0.25) is 5.91 Å². The second-order valence-electron chi connectivity index (χ2n) is 3.71. The Labute approximate surface area is 97.2 Å². The smallest absolute Gasteiger partial charge is 0.337 e. The topological polar surface area (TPSA) is 109 Å². The van der Waals surface area contributed by atoms with Crippen LogP contribution in [0.5, 0.6) is 0 Å². The molecule has 4 N–H and O–H groups in total. The Morgan fingerprint density at radius 1 is 1.59 bits per heavy atom. The molecule has 17 heavy (non-hydrogen) atoms. The van der Waals surface area contributed by atoms with Crippen molar-refractivity contribution < 1.29 is 14.7 Å². The fraction of sp³-hybridized carbons (Fsp3) is 0.300. The van der Waals surface area contributed by atoms with E-state index < -0.39 is 5.97 Å². The summed E-state index contributed by atoms with van der Waals surface area (Å²) in [6.07, 6.45) is 1.30. The quantitative estimate of drug-likeness (QED) is 0.626. The van der Waals surface area contributed by atoms with Crippen LogP contribution < -0.4 is 16.0 Å². The molecule has 1 fully saturated rings. The summed E-state index contributed by atoms with van der Waals surface area (Å²) in [5.41, 5.74) is 5.62. The summed E-state index contributed by atoms with van der Waals surface area (Å²) in [6, 6.07) is 1.39. The Balaban J connectivity index is 2.29. The van der Waals surface area contributed by atoms with E-state index in [0.717, 1.165) is 0 Å². The minimum Gasteiger partial charge on any atom is -0.478 e. The maximum absolute atomic E-state index is 11.2. The molecule has 0 atom stereocenters. The van der Waals surface area contributed by atoms with Gasteiger partial charge in [-0.15, -0.1) is 0 Å². The van der Waals surface area contributed by atoms with Gasteiger partial charge in [-0.2, -0.15) is 0 Å². The summed E-state index contributed by atoms with van der Waals surface area (Å²) in [6.45, 7) is 1.30. The lowest BCUT2D eigenvalue weighted by molar-refractivity contribution is -0.120. The van der Waals surface area contributed by atoms with Crippen molar-refractivity contribution in [3.8, 4) is 0 Å². The first kappa shape index (κ1) is 11.2. The van der Waals surface area contributed by atoms with Crippen LogP contribution in [0.4, 0.5) is 11.5 Å². The van der Waals surface area contributed by atoms with Crippen LogP contribution in [0.1, 0.15) is 10.4 Å². The van der Waals surface area contributed by atoms with E-state index in [1.165, 1.54) is 12.3 Å². The van der Waals surface area contributed by atoms with Crippen molar-refractivity contribution in [2.75, 3.05) is 30.3 Å².